The van der Waals surface area contributed by atoms with Crippen molar-refractivity contribution in [1.29, 1.82) is 0 Å². The van der Waals surface area contributed by atoms with Crippen molar-refractivity contribution in [3.8, 4) is 0 Å². The van der Waals surface area contributed by atoms with Crippen LogP contribution in [0.3, 0.4) is 0 Å². The summed E-state index contributed by atoms with van der Waals surface area (Å²) in [6, 6.07) is 31.3. The van der Waals surface area contributed by atoms with Gasteiger partial charge in [-0.25, -0.2) is 4.99 Å². The second kappa shape index (κ2) is 9.83. The summed E-state index contributed by atoms with van der Waals surface area (Å²) in [6.07, 6.45) is 0. The van der Waals surface area contributed by atoms with Gasteiger partial charge in [0, 0.05) is 19.5 Å². The lowest BCUT2D eigenvalue weighted by atomic mass is 10.2. The van der Waals surface area contributed by atoms with Gasteiger partial charge in [-0.3, -0.25) is 9.69 Å². The van der Waals surface area contributed by atoms with Crippen molar-refractivity contribution in [2.24, 2.45) is 4.99 Å². The molecule has 0 aliphatic heterocycles. The summed E-state index contributed by atoms with van der Waals surface area (Å²) in [6.45, 7) is 1.53. The van der Waals surface area contributed by atoms with Gasteiger partial charge < -0.3 is 0 Å². The molecule has 1 amide bonds. The number of aliphatic imine (C=N–C) groups is 1. The predicted octanol–water partition coefficient (Wildman–Crippen LogP) is 4.93. The minimum atomic E-state index is -0.0430. The van der Waals surface area contributed by atoms with Crippen LogP contribution in [0, 0.1) is 0 Å². The number of para-hydroxylation sites is 1. The van der Waals surface area contributed by atoms with Crippen molar-refractivity contribution in [2.75, 3.05) is 7.05 Å². The van der Waals surface area contributed by atoms with Crippen LogP contribution in [0.15, 0.2) is 102 Å². The summed E-state index contributed by atoms with van der Waals surface area (Å²) in [5.74, 6) is 0.609. The molecule has 0 atom stereocenters. The molecule has 3 nitrogen and oxygen atoms in total. The average Bonchev–Trinajstić information content (AvgIpc) is 2.69. The van der Waals surface area contributed by atoms with E-state index in [9.17, 15) is 4.79 Å². The average molecular weight is 330 g/mol. The van der Waals surface area contributed by atoms with Crippen LogP contribution in [0.1, 0.15) is 12.5 Å². The summed E-state index contributed by atoms with van der Waals surface area (Å²) in [4.78, 5) is 17.7. The number of carbonyl (C=O) groups is 1. The first kappa shape index (κ1) is 18.1. The van der Waals surface area contributed by atoms with E-state index in [0.29, 0.717) is 5.84 Å². The lowest BCUT2D eigenvalue weighted by molar-refractivity contribution is -0.124. The molecule has 3 heteroatoms. The molecule has 0 heterocycles. The molecule has 3 aromatic rings. The number of amides is 1. The second-order valence-corrected chi connectivity index (χ2v) is 5.37. The summed E-state index contributed by atoms with van der Waals surface area (Å²) >= 11 is 0. The van der Waals surface area contributed by atoms with Crippen molar-refractivity contribution in [2.45, 2.75) is 6.92 Å². The van der Waals surface area contributed by atoms with Crippen molar-refractivity contribution in [3.63, 3.8) is 0 Å². The van der Waals surface area contributed by atoms with Gasteiger partial charge in [0.05, 0.1) is 5.69 Å². The number of benzene rings is 3. The quantitative estimate of drug-likeness (QED) is 0.484. The summed E-state index contributed by atoms with van der Waals surface area (Å²) in [7, 11) is 1.73. The molecule has 3 rings (SSSR count). The molecule has 0 spiro atoms. The zero-order valence-corrected chi connectivity index (χ0v) is 14.5. The van der Waals surface area contributed by atoms with Gasteiger partial charge in [-0.2, -0.15) is 0 Å². The van der Waals surface area contributed by atoms with Crippen LogP contribution < -0.4 is 0 Å². The molecule has 0 fully saturated rings. The van der Waals surface area contributed by atoms with Gasteiger partial charge in [0.1, 0.15) is 5.84 Å². The third-order valence-electron chi connectivity index (χ3n) is 3.48. The number of hydrogen-bond acceptors (Lipinski definition) is 2. The maximum absolute atomic E-state index is 11.6. The minimum absolute atomic E-state index is 0.0430. The Kier molecular flexibility index (Phi) is 7.13. The van der Waals surface area contributed by atoms with Crippen molar-refractivity contribution >= 4 is 17.4 Å². The fraction of sp³-hybridized carbons (Fsp3) is 0.0909. The van der Waals surface area contributed by atoms with Gasteiger partial charge in [0.2, 0.25) is 5.91 Å². The Labute approximate surface area is 149 Å². The van der Waals surface area contributed by atoms with Crippen molar-refractivity contribution < 1.29 is 4.79 Å². The zero-order valence-electron chi connectivity index (χ0n) is 14.5. The Balaban J connectivity index is 0.000000316. The monoisotopic (exact) mass is 330 g/mol. The highest BCUT2D eigenvalue weighted by Crippen LogP contribution is 2.14. The maximum Gasteiger partial charge on any atom is 0.224 e. The Morgan fingerprint density at radius 2 is 1.12 bits per heavy atom. The van der Waals surface area contributed by atoms with E-state index in [-0.39, 0.29) is 5.91 Å². The fourth-order valence-corrected chi connectivity index (χ4v) is 2.08. The summed E-state index contributed by atoms with van der Waals surface area (Å²) in [5.41, 5.74) is 1.75. The molecule has 0 aliphatic carbocycles. The highest BCUT2D eigenvalue weighted by Gasteiger charge is 2.12. The van der Waals surface area contributed by atoms with Crippen LogP contribution in [0.2, 0.25) is 0 Å². The Hall–Kier alpha value is -3.20. The van der Waals surface area contributed by atoms with Gasteiger partial charge in [-0.05, 0) is 12.1 Å². The molecule has 25 heavy (non-hydrogen) atoms. The third kappa shape index (κ3) is 6.07. The lowest BCUT2D eigenvalue weighted by Crippen LogP contribution is -2.31. The standard InChI is InChI=1S/C16H16N2O.C6H6/c1-13(19)18(2)16(14-9-5-3-6-10-14)17-15-11-7-4-8-12-15;1-2-4-6-5-3-1/h3-12H,1-2H3;1-6H. The maximum atomic E-state index is 11.6. The molecular weight excluding hydrogens is 308 g/mol. The van der Waals surface area contributed by atoms with Crippen molar-refractivity contribution in [3.05, 3.63) is 103 Å². The van der Waals surface area contributed by atoms with E-state index in [4.69, 9.17) is 0 Å². The SMILES string of the molecule is CC(=O)N(C)C(=Nc1ccccc1)c1ccccc1.c1ccccc1. The van der Waals surface area contributed by atoms with E-state index in [1.807, 2.05) is 97.1 Å². The van der Waals surface area contributed by atoms with Crippen LogP contribution in [0.4, 0.5) is 5.69 Å². The van der Waals surface area contributed by atoms with E-state index in [1.54, 1.807) is 11.9 Å². The normalized spacial score (nSPS) is 10.4. The van der Waals surface area contributed by atoms with Crippen LogP contribution >= 0.6 is 0 Å². The highest BCUT2D eigenvalue weighted by atomic mass is 16.2. The summed E-state index contributed by atoms with van der Waals surface area (Å²) < 4.78 is 0. The third-order valence-corrected chi connectivity index (χ3v) is 3.48. The molecule has 3 aromatic carbocycles. The Bertz CT molecular complexity index is 757. The molecule has 0 N–H and O–H groups in total. The van der Waals surface area contributed by atoms with E-state index < -0.39 is 0 Å². The largest absolute Gasteiger partial charge is 0.300 e. The number of rotatable bonds is 2. The van der Waals surface area contributed by atoms with Gasteiger partial charge in [0.15, 0.2) is 0 Å². The van der Waals surface area contributed by atoms with E-state index in [0.717, 1.165) is 11.3 Å². The molecule has 0 unspecified atom stereocenters. The molecule has 126 valence electrons. The molecule has 0 bridgehead atoms. The van der Waals surface area contributed by atoms with Crippen LogP contribution in [-0.4, -0.2) is 23.7 Å². The second-order valence-electron chi connectivity index (χ2n) is 5.37. The number of hydrogen-bond donors (Lipinski definition) is 0. The van der Waals surface area contributed by atoms with E-state index >= 15 is 0 Å². The van der Waals surface area contributed by atoms with Gasteiger partial charge in [-0.1, -0.05) is 84.9 Å². The first-order chi connectivity index (χ1) is 12.2. The first-order valence-corrected chi connectivity index (χ1v) is 8.12. The highest BCUT2D eigenvalue weighted by molar-refractivity contribution is 6.08. The molecule has 0 aromatic heterocycles. The Morgan fingerprint density at radius 1 is 0.720 bits per heavy atom. The smallest absolute Gasteiger partial charge is 0.224 e. The van der Waals surface area contributed by atoms with Crippen LogP contribution in [-0.2, 0) is 4.79 Å². The summed E-state index contributed by atoms with van der Waals surface area (Å²) in [5, 5.41) is 0. The number of amidine groups is 1. The predicted molar refractivity (Wildman–Crippen MR) is 104 cm³/mol. The molecular formula is C22H22N2O. The van der Waals surface area contributed by atoms with Crippen molar-refractivity contribution in [1.82, 2.24) is 4.90 Å². The zero-order chi connectivity index (χ0) is 17.9. The topological polar surface area (TPSA) is 32.7 Å². The van der Waals surface area contributed by atoms with E-state index in [2.05, 4.69) is 4.99 Å². The Morgan fingerprint density at radius 3 is 1.56 bits per heavy atom. The molecule has 0 saturated carbocycles. The number of nitrogens with zero attached hydrogens (tertiary/aromatic N) is 2. The van der Waals surface area contributed by atoms with E-state index in [1.165, 1.54) is 6.92 Å². The van der Waals surface area contributed by atoms with Gasteiger partial charge >= 0.3 is 0 Å². The number of carbonyl (C=O) groups excluding carboxylic acids is 1. The molecule has 0 aliphatic rings. The van der Waals surface area contributed by atoms with Gasteiger partial charge in [-0.15, -0.1) is 0 Å². The first-order valence-electron chi connectivity index (χ1n) is 8.12. The fourth-order valence-electron chi connectivity index (χ4n) is 2.08. The molecule has 0 radical (unpaired) electrons. The molecule has 0 saturated heterocycles. The van der Waals surface area contributed by atoms with Gasteiger partial charge in [0.25, 0.3) is 0 Å². The lowest BCUT2D eigenvalue weighted by Gasteiger charge is -2.18. The van der Waals surface area contributed by atoms with Crippen LogP contribution in [0.5, 0.6) is 0 Å². The minimum Gasteiger partial charge on any atom is -0.300 e. The van der Waals surface area contributed by atoms with Crippen LogP contribution in [0.25, 0.3) is 0 Å².